The molecule has 0 aliphatic carbocycles. The number of benzene rings is 3. The molecule has 0 unspecified atom stereocenters. The number of piperazine rings is 1. The SMILES string of the molecule is COC(=O)c1ccc(CO[C@@H](CN2CCN(C(=O)c3cccc(F)c3F)CC2)c2ccc(Cl)cc2)cc1. The number of methoxy groups -OCH3 is 1. The van der Waals surface area contributed by atoms with Crippen LogP contribution in [0.1, 0.15) is 37.9 Å². The fraction of sp³-hybridized carbons (Fsp3) is 0.286. The van der Waals surface area contributed by atoms with Crippen molar-refractivity contribution in [1.82, 2.24) is 9.80 Å². The molecule has 1 saturated heterocycles. The highest BCUT2D eigenvalue weighted by molar-refractivity contribution is 6.30. The smallest absolute Gasteiger partial charge is 0.337 e. The van der Waals surface area contributed by atoms with Crippen LogP contribution in [0, 0.1) is 11.6 Å². The van der Waals surface area contributed by atoms with Crippen molar-refractivity contribution in [2.45, 2.75) is 12.7 Å². The molecule has 0 saturated carbocycles. The molecule has 1 aliphatic heterocycles. The van der Waals surface area contributed by atoms with Crippen LogP contribution in [0.25, 0.3) is 0 Å². The average molecular weight is 529 g/mol. The fourth-order valence-corrected chi connectivity index (χ4v) is 4.32. The van der Waals surface area contributed by atoms with E-state index < -0.39 is 23.5 Å². The Bertz CT molecular complexity index is 1230. The first-order valence-electron chi connectivity index (χ1n) is 11.9. The largest absolute Gasteiger partial charge is 0.465 e. The minimum Gasteiger partial charge on any atom is -0.465 e. The summed E-state index contributed by atoms with van der Waals surface area (Å²) in [5.74, 6) is -3.07. The Balaban J connectivity index is 1.39. The Morgan fingerprint density at radius 2 is 1.62 bits per heavy atom. The summed E-state index contributed by atoms with van der Waals surface area (Å²) in [5.41, 5.74) is 2.06. The van der Waals surface area contributed by atoms with Crippen LogP contribution in [0.3, 0.4) is 0 Å². The number of carbonyl (C=O) groups excluding carboxylic acids is 2. The maximum absolute atomic E-state index is 14.1. The summed E-state index contributed by atoms with van der Waals surface area (Å²) in [5, 5.41) is 0.623. The molecule has 0 aromatic heterocycles. The van der Waals surface area contributed by atoms with Gasteiger partial charge in [-0.1, -0.05) is 41.9 Å². The highest BCUT2D eigenvalue weighted by Crippen LogP contribution is 2.24. The quantitative estimate of drug-likeness (QED) is 0.380. The van der Waals surface area contributed by atoms with Crippen LogP contribution in [-0.4, -0.2) is 61.5 Å². The van der Waals surface area contributed by atoms with Crippen LogP contribution in [-0.2, 0) is 16.1 Å². The number of nitrogens with zero attached hydrogens (tertiary/aromatic N) is 2. The van der Waals surface area contributed by atoms with Crippen molar-refractivity contribution in [2.75, 3.05) is 39.8 Å². The van der Waals surface area contributed by atoms with E-state index in [1.807, 2.05) is 36.4 Å². The molecule has 0 N–H and O–H groups in total. The van der Waals surface area contributed by atoms with Crippen LogP contribution in [0.4, 0.5) is 8.78 Å². The van der Waals surface area contributed by atoms with Crippen LogP contribution >= 0.6 is 11.6 Å². The first kappa shape index (κ1) is 26.7. The maximum atomic E-state index is 14.1. The third-order valence-electron chi connectivity index (χ3n) is 6.33. The van der Waals surface area contributed by atoms with Gasteiger partial charge in [-0.3, -0.25) is 9.69 Å². The monoisotopic (exact) mass is 528 g/mol. The molecule has 0 spiro atoms. The summed E-state index contributed by atoms with van der Waals surface area (Å²) in [6.07, 6.45) is -0.277. The summed E-state index contributed by atoms with van der Waals surface area (Å²) in [6, 6.07) is 18.1. The van der Waals surface area contributed by atoms with Gasteiger partial charge < -0.3 is 14.4 Å². The number of hydrogen-bond acceptors (Lipinski definition) is 5. The van der Waals surface area contributed by atoms with E-state index in [9.17, 15) is 18.4 Å². The van der Waals surface area contributed by atoms with Gasteiger partial charge in [-0.2, -0.15) is 0 Å². The molecule has 1 fully saturated rings. The van der Waals surface area contributed by atoms with Gasteiger partial charge in [0.25, 0.3) is 5.91 Å². The second-order valence-corrected chi connectivity index (χ2v) is 9.17. The van der Waals surface area contributed by atoms with E-state index in [-0.39, 0.29) is 11.7 Å². The molecule has 1 heterocycles. The second-order valence-electron chi connectivity index (χ2n) is 8.73. The number of esters is 1. The highest BCUT2D eigenvalue weighted by atomic mass is 35.5. The normalized spacial score (nSPS) is 14.9. The highest BCUT2D eigenvalue weighted by Gasteiger charge is 2.27. The van der Waals surface area contributed by atoms with E-state index in [1.54, 1.807) is 12.1 Å². The van der Waals surface area contributed by atoms with Gasteiger partial charge in [-0.15, -0.1) is 0 Å². The lowest BCUT2D eigenvalue weighted by molar-refractivity contribution is 0.00335. The first-order valence-corrected chi connectivity index (χ1v) is 12.2. The zero-order valence-electron chi connectivity index (χ0n) is 20.3. The molecular weight excluding hydrogens is 502 g/mol. The molecule has 1 atom stereocenters. The summed E-state index contributed by atoms with van der Waals surface area (Å²) in [7, 11) is 1.34. The van der Waals surface area contributed by atoms with E-state index in [4.69, 9.17) is 21.1 Å². The summed E-state index contributed by atoms with van der Waals surface area (Å²) >= 11 is 6.07. The van der Waals surface area contributed by atoms with Crippen molar-refractivity contribution in [2.24, 2.45) is 0 Å². The van der Waals surface area contributed by atoms with E-state index >= 15 is 0 Å². The number of hydrogen-bond donors (Lipinski definition) is 0. The average Bonchev–Trinajstić information content (AvgIpc) is 2.93. The maximum Gasteiger partial charge on any atom is 0.337 e. The number of amides is 1. The Morgan fingerprint density at radius 3 is 2.27 bits per heavy atom. The van der Waals surface area contributed by atoms with Crippen LogP contribution in [0.15, 0.2) is 66.7 Å². The third-order valence-corrected chi connectivity index (χ3v) is 6.59. The van der Waals surface area contributed by atoms with Gasteiger partial charge in [0.2, 0.25) is 0 Å². The molecule has 1 aliphatic rings. The van der Waals surface area contributed by atoms with Crippen molar-refractivity contribution in [1.29, 1.82) is 0 Å². The van der Waals surface area contributed by atoms with Gasteiger partial charge in [0.1, 0.15) is 0 Å². The first-order chi connectivity index (χ1) is 17.9. The molecule has 1 amide bonds. The van der Waals surface area contributed by atoms with Crippen LogP contribution in [0.2, 0.25) is 5.02 Å². The molecule has 0 bridgehead atoms. The molecular formula is C28H27ClF2N2O4. The molecule has 9 heteroatoms. The Morgan fingerprint density at radius 1 is 0.946 bits per heavy atom. The fourth-order valence-electron chi connectivity index (χ4n) is 4.19. The molecule has 37 heavy (non-hydrogen) atoms. The van der Waals surface area contributed by atoms with E-state index in [0.717, 1.165) is 17.2 Å². The molecule has 3 aromatic carbocycles. The van der Waals surface area contributed by atoms with E-state index in [0.29, 0.717) is 49.9 Å². The number of ether oxygens (including phenoxy) is 2. The Kier molecular flexibility index (Phi) is 8.87. The predicted octanol–water partition coefficient (Wildman–Crippen LogP) is 5.12. The summed E-state index contributed by atoms with van der Waals surface area (Å²) < 4.78 is 38.7. The third kappa shape index (κ3) is 6.71. The number of halogens is 3. The van der Waals surface area contributed by atoms with Crippen molar-refractivity contribution in [3.63, 3.8) is 0 Å². The van der Waals surface area contributed by atoms with E-state index in [2.05, 4.69) is 4.90 Å². The Hall–Kier alpha value is -3.33. The van der Waals surface area contributed by atoms with Crippen molar-refractivity contribution >= 4 is 23.5 Å². The lowest BCUT2D eigenvalue weighted by Gasteiger charge is -2.36. The summed E-state index contributed by atoms with van der Waals surface area (Å²) in [6.45, 7) is 2.78. The number of rotatable bonds is 8. The zero-order valence-corrected chi connectivity index (χ0v) is 21.1. The standard InChI is InChI=1S/C28H27ClF2N2O4/c1-36-28(35)21-7-5-19(6-8-21)18-37-25(20-9-11-22(29)12-10-20)17-32-13-15-33(16-14-32)27(34)23-3-2-4-24(30)26(23)31/h2-12,25H,13-18H2,1H3/t25-/m0/s1. The van der Waals surface area contributed by atoms with Gasteiger partial charge in [-0.25, -0.2) is 13.6 Å². The van der Waals surface area contributed by atoms with Crippen molar-refractivity contribution < 1.29 is 27.8 Å². The molecule has 3 aromatic rings. The molecule has 4 rings (SSSR count). The van der Waals surface area contributed by atoms with Gasteiger partial charge in [0.05, 0.1) is 30.9 Å². The van der Waals surface area contributed by atoms with Gasteiger partial charge in [-0.05, 0) is 47.5 Å². The molecule has 0 radical (unpaired) electrons. The minimum absolute atomic E-state index is 0.256. The van der Waals surface area contributed by atoms with Gasteiger partial charge in [0, 0.05) is 37.7 Å². The van der Waals surface area contributed by atoms with Gasteiger partial charge >= 0.3 is 5.97 Å². The lowest BCUT2D eigenvalue weighted by atomic mass is 10.1. The van der Waals surface area contributed by atoms with Gasteiger partial charge in [0.15, 0.2) is 11.6 Å². The lowest BCUT2D eigenvalue weighted by Crippen LogP contribution is -2.49. The topological polar surface area (TPSA) is 59.1 Å². The van der Waals surface area contributed by atoms with Crippen LogP contribution in [0.5, 0.6) is 0 Å². The summed E-state index contributed by atoms with van der Waals surface area (Å²) in [4.78, 5) is 28.1. The minimum atomic E-state index is -1.12. The van der Waals surface area contributed by atoms with Crippen molar-refractivity contribution in [3.05, 3.63) is 106 Å². The molecule has 6 nitrogen and oxygen atoms in total. The predicted molar refractivity (Wildman–Crippen MR) is 135 cm³/mol. The van der Waals surface area contributed by atoms with Crippen molar-refractivity contribution in [3.8, 4) is 0 Å². The van der Waals surface area contributed by atoms with E-state index in [1.165, 1.54) is 24.1 Å². The second kappa shape index (κ2) is 12.3. The molecule has 194 valence electrons. The van der Waals surface area contributed by atoms with Crippen LogP contribution < -0.4 is 0 Å². The Labute approximate surface area is 219 Å². The zero-order chi connectivity index (χ0) is 26.4. The number of carbonyl (C=O) groups is 2.